The van der Waals surface area contributed by atoms with Crippen molar-refractivity contribution >= 4 is 11.9 Å². The molecule has 0 amide bonds. The van der Waals surface area contributed by atoms with E-state index in [4.69, 9.17) is 18.9 Å². The van der Waals surface area contributed by atoms with Gasteiger partial charge in [0.2, 0.25) is 0 Å². The summed E-state index contributed by atoms with van der Waals surface area (Å²) in [5, 5.41) is 0. The summed E-state index contributed by atoms with van der Waals surface area (Å²) in [5.74, 6) is 2.82. The molecule has 3 aliphatic rings. The Bertz CT molecular complexity index is 1100. The molecule has 210 valence electrons. The second-order valence-corrected chi connectivity index (χ2v) is 11.4. The second-order valence-electron chi connectivity index (χ2n) is 11.4. The van der Waals surface area contributed by atoms with Crippen LogP contribution in [0.15, 0.2) is 42.5 Å². The summed E-state index contributed by atoms with van der Waals surface area (Å²) in [6.07, 6.45) is 21.5. The molecule has 5 rings (SSSR count). The average Bonchev–Trinajstić information content (AvgIpc) is 2.98. The predicted octanol–water partition coefficient (Wildman–Crippen LogP) is 8.73. The number of rotatable bonds is 10. The fourth-order valence-electron chi connectivity index (χ4n) is 6.15. The van der Waals surface area contributed by atoms with Crippen molar-refractivity contribution in [2.75, 3.05) is 7.11 Å². The maximum Gasteiger partial charge on any atom is 0.185 e. The molecule has 0 N–H and O–H groups in total. The molecule has 0 aliphatic heterocycles. The highest BCUT2D eigenvalue weighted by molar-refractivity contribution is 6.07. The van der Waals surface area contributed by atoms with E-state index in [9.17, 15) is 4.79 Å². The van der Waals surface area contributed by atoms with Crippen LogP contribution in [0.25, 0.3) is 6.08 Å². The van der Waals surface area contributed by atoms with Crippen LogP contribution in [0, 0.1) is 0 Å². The zero-order valence-electron chi connectivity index (χ0n) is 23.5. The van der Waals surface area contributed by atoms with Crippen LogP contribution in [-0.4, -0.2) is 31.2 Å². The molecule has 0 radical (unpaired) electrons. The number of hydrogen-bond donors (Lipinski definition) is 0. The molecule has 2 aromatic carbocycles. The van der Waals surface area contributed by atoms with Crippen LogP contribution in [-0.2, 0) is 0 Å². The molecule has 39 heavy (non-hydrogen) atoms. The van der Waals surface area contributed by atoms with Crippen LogP contribution in [0.4, 0.5) is 0 Å². The summed E-state index contributed by atoms with van der Waals surface area (Å²) in [5.41, 5.74) is 1.43. The van der Waals surface area contributed by atoms with E-state index in [1.54, 1.807) is 13.2 Å². The molecule has 0 heterocycles. The van der Waals surface area contributed by atoms with Gasteiger partial charge in [-0.2, -0.15) is 0 Å². The number of allylic oxidation sites excluding steroid dienone is 1. The summed E-state index contributed by atoms with van der Waals surface area (Å²) in [6, 6.07) is 11.5. The van der Waals surface area contributed by atoms with Crippen molar-refractivity contribution < 1.29 is 23.7 Å². The first kappa shape index (κ1) is 27.6. The van der Waals surface area contributed by atoms with E-state index in [1.807, 2.05) is 42.5 Å². The highest BCUT2D eigenvalue weighted by Gasteiger charge is 2.22. The molecule has 5 heteroatoms. The maximum absolute atomic E-state index is 13.3. The van der Waals surface area contributed by atoms with Crippen molar-refractivity contribution in [3.05, 3.63) is 53.6 Å². The average molecular weight is 533 g/mol. The van der Waals surface area contributed by atoms with Gasteiger partial charge in [0.05, 0.1) is 25.4 Å². The van der Waals surface area contributed by atoms with Gasteiger partial charge in [-0.05, 0) is 107 Å². The fraction of sp³-hybridized carbons (Fsp3) is 0.559. The van der Waals surface area contributed by atoms with Crippen LogP contribution in [0.2, 0.25) is 0 Å². The van der Waals surface area contributed by atoms with E-state index in [-0.39, 0.29) is 24.1 Å². The Labute approximate surface area is 233 Å². The number of methoxy groups -OCH3 is 1. The normalized spacial score (nSPS) is 19.6. The zero-order valence-corrected chi connectivity index (χ0v) is 23.5. The van der Waals surface area contributed by atoms with Crippen molar-refractivity contribution in [2.45, 2.75) is 115 Å². The number of carbonyl (C=O) groups excluding carboxylic acids is 1. The van der Waals surface area contributed by atoms with E-state index in [2.05, 4.69) is 0 Å². The lowest BCUT2D eigenvalue weighted by Crippen LogP contribution is -2.21. The summed E-state index contributed by atoms with van der Waals surface area (Å²) in [7, 11) is 1.67. The van der Waals surface area contributed by atoms with Gasteiger partial charge >= 0.3 is 0 Å². The molecule has 0 atom stereocenters. The lowest BCUT2D eigenvalue weighted by molar-refractivity contribution is 0.104. The molecule has 2 aromatic rings. The first-order valence-electron chi connectivity index (χ1n) is 15.2. The molecule has 0 bridgehead atoms. The van der Waals surface area contributed by atoms with Crippen LogP contribution < -0.4 is 18.9 Å². The van der Waals surface area contributed by atoms with Crippen molar-refractivity contribution in [3.8, 4) is 23.0 Å². The van der Waals surface area contributed by atoms with Crippen LogP contribution >= 0.6 is 0 Å². The minimum Gasteiger partial charge on any atom is -0.493 e. The molecular weight excluding hydrogens is 488 g/mol. The van der Waals surface area contributed by atoms with E-state index < -0.39 is 0 Å². The molecule has 5 nitrogen and oxygen atoms in total. The largest absolute Gasteiger partial charge is 0.493 e. The van der Waals surface area contributed by atoms with Gasteiger partial charge in [-0.1, -0.05) is 31.4 Å². The van der Waals surface area contributed by atoms with Gasteiger partial charge in [0.25, 0.3) is 0 Å². The summed E-state index contributed by atoms with van der Waals surface area (Å²) in [4.78, 5) is 13.3. The Balaban J connectivity index is 1.37. The first-order chi connectivity index (χ1) is 19.2. The number of ketones is 1. The number of ether oxygens (including phenoxy) is 4. The molecule has 3 fully saturated rings. The Morgan fingerprint density at radius 1 is 0.692 bits per heavy atom. The highest BCUT2D eigenvalue weighted by atomic mass is 16.5. The zero-order chi connectivity index (χ0) is 26.9. The third-order valence-electron chi connectivity index (χ3n) is 8.36. The Kier molecular flexibility index (Phi) is 9.85. The van der Waals surface area contributed by atoms with Gasteiger partial charge in [0.15, 0.2) is 17.3 Å². The number of hydrogen-bond acceptors (Lipinski definition) is 5. The third kappa shape index (κ3) is 7.80. The van der Waals surface area contributed by atoms with Gasteiger partial charge in [0, 0.05) is 17.2 Å². The first-order valence-corrected chi connectivity index (χ1v) is 15.2. The second kappa shape index (κ2) is 13.9. The van der Waals surface area contributed by atoms with Gasteiger partial charge in [-0.25, -0.2) is 0 Å². The Morgan fingerprint density at radius 3 is 1.85 bits per heavy atom. The number of carbonyl (C=O) groups is 1. The van der Waals surface area contributed by atoms with E-state index >= 15 is 0 Å². The predicted molar refractivity (Wildman–Crippen MR) is 155 cm³/mol. The molecule has 0 aromatic heterocycles. The monoisotopic (exact) mass is 532 g/mol. The number of benzene rings is 2. The summed E-state index contributed by atoms with van der Waals surface area (Å²) in [6.45, 7) is 0. The summed E-state index contributed by atoms with van der Waals surface area (Å²) >= 11 is 0. The lowest BCUT2D eigenvalue weighted by atomic mass is 9.97. The van der Waals surface area contributed by atoms with Crippen molar-refractivity contribution in [3.63, 3.8) is 0 Å². The molecule has 0 spiro atoms. The van der Waals surface area contributed by atoms with Gasteiger partial charge in [-0.3, -0.25) is 4.79 Å². The SMILES string of the molecule is COc1cc(OC2CCCCC2)cc(C=CC(=O)c2cccc(OC3CCCCC3)c2)c1OC1CCCCC1. The Morgan fingerprint density at radius 2 is 1.26 bits per heavy atom. The standard InChI is InChI=1S/C34H44O5/c1-36-33-24-31(38-28-15-7-3-8-16-28)23-26(34(33)39-29-17-9-4-10-18-29)20-21-32(35)25-12-11-19-30(22-25)37-27-13-5-2-6-14-27/h11-12,19-24,27-29H,2-10,13-18H2,1H3. The quantitative estimate of drug-likeness (QED) is 0.226. The maximum atomic E-state index is 13.3. The molecular formula is C34H44O5. The molecule has 3 saturated carbocycles. The van der Waals surface area contributed by atoms with Crippen molar-refractivity contribution in [1.82, 2.24) is 0 Å². The Hall–Kier alpha value is -2.95. The molecule has 0 unspecified atom stereocenters. The topological polar surface area (TPSA) is 54.0 Å². The van der Waals surface area contributed by atoms with Crippen LogP contribution in [0.3, 0.4) is 0 Å². The molecule has 0 saturated heterocycles. The fourth-order valence-corrected chi connectivity index (χ4v) is 6.15. The van der Waals surface area contributed by atoms with Crippen molar-refractivity contribution in [2.24, 2.45) is 0 Å². The van der Waals surface area contributed by atoms with Gasteiger partial charge in [-0.15, -0.1) is 0 Å². The van der Waals surface area contributed by atoms with Crippen LogP contribution in [0.5, 0.6) is 23.0 Å². The summed E-state index contributed by atoms with van der Waals surface area (Å²) < 4.78 is 24.9. The van der Waals surface area contributed by atoms with Gasteiger partial charge in [0.1, 0.15) is 11.5 Å². The van der Waals surface area contributed by atoms with E-state index in [0.717, 1.165) is 55.6 Å². The minimum atomic E-state index is -0.0646. The van der Waals surface area contributed by atoms with Gasteiger partial charge < -0.3 is 18.9 Å². The van der Waals surface area contributed by atoms with Crippen molar-refractivity contribution in [1.29, 1.82) is 0 Å². The van der Waals surface area contributed by atoms with E-state index in [0.29, 0.717) is 17.1 Å². The highest BCUT2D eigenvalue weighted by Crippen LogP contribution is 2.40. The smallest absolute Gasteiger partial charge is 0.185 e. The lowest BCUT2D eigenvalue weighted by Gasteiger charge is -2.27. The minimum absolute atomic E-state index is 0.0646. The van der Waals surface area contributed by atoms with E-state index in [1.165, 1.54) is 57.8 Å². The van der Waals surface area contributed by atoms with Crippen LogP contribution in [0.1, 0.15) is 112 Å². The molecule has 3 aliphatic carbocycles. The third-order valence-corrected chi connectivity index (χ3v) is 8.36.